The molecule has 1 aromatic heterocycles. The number of rotatable bonds is 4. The van der Waals surface area contributed by atoms with Crippen LogP contribution in [0.1, 0.15) is 17.7 Å². The molecule has 1 N–H and O–H groups in total. The van der Waals surface area contributed by atoms with E-state index in [2.05, 4.69) is 27.0 Å². The Morgan fingerprint density at radius 2 is 2.20 bits per heavy atom. The van der Waals surface area contributed by atoms with Crippen LogP contribution < -0.4 is 5.32 Å². The van der Waals surface area contributed by atoms with Gasteiger partial charge in [0, 0.05) is 37.3 Å². The lowest BCUT2D eigenvalue weighted by Crippen LogP contribution is -2.36. The van der Waals surface area contributed by atoms with Crippen molar-refractivity contribution in [3.63, 3.8) is 0 Å². The van der Waals surface area contributed by atoms with Crippen LogP contribution in [0.2, 0.25) is 0 Å². The van der Waals surface area contributed by atoms with Crippen LogP contribution in [0.3, 0.4) is 0 Å². The van der Waals surface area contributed by atoms with E-state index in [0.29, 0.717) is 6.54 Å². The van der Waals surface area contributed by atoms with Gasteiger partial charge in [-0.2, -0.15) is 0 Å². The molecule has 3 rings (SSSR count). The molecule has 2 heterocycles. The molecule has 1 aliphatic rings. The van der Waals surface area contributed by atoms with Crippen LogP contribution in [0.15, 0.2) is 42.9 Å². The molecule has 1 amide bonds. The molecule has 0 fully saturated rings. The van der Waals surface area contributed by atoms with Crippen molar-refractivity contribution < 1.29 is 4.79 Å². The van der Waals surface area contributed by atoms with Gasteiger partial charge in [0.05, 0.1) is 6.33 Å². The second-order valence-electron chi connectivity index (χ2n) is 5.29. The Bertz CT molecular complexity index is 576. The van der Waals surface area contributed by atoms with Gasteiger partial charge in [-0.3, -0.25) is 4.79 Å². The Morgan fingerprint density at radius 3 is 3.05 bits per heavy atom. The van der Waals surface area contributed by atoms with Crippen LogP contribution >= 0.6 is 0 Å². The number of benzene rings is 1. The number of nitrogens with one attached hydrogen (secondary N) is 1. The smallest absolute Gasteiger partial charge is 0.223 e. The van der Waals surface area contributed by atoms with Gasteiger partial charge in [-0.25, -0.2) is 4.98 Å². The van der Waals surface area contributed by atoms with Gasteiger partial charge < -0.3 is 9.88 Å². The van der Waals surface area contributed by atoms with Crippen molar-refractivity contribution in [2.24, 2.45) is 5.92 Å². The first kappa shape index (κ1) is 12.9. The fourth-order valence-corrected chi connectivity index (χ4v) is 2.71. The molecule has 0 saturated heterocycles. The van der Waals surface area contributed by atoms with Gasteiger partial charge in [0.2, 0.25) is 5.91 Å². The van der Waals surface area contributed by atoms with Gasteiger partial charge in [-0.05, 0) is 18.4 Å². The largest absolute Gasteiger partial charge is 0.356 e. The number of hydrogen-bond acceptors (Lipinski definition) is 2. The first-order valence-corrected chi connectivity index (χ1v) is 7.13. The molecule has 0 radical (unpaired) electrons. The zero-order valence-electron chi connectivity index (χ0n) is 11.5. The van der Waals surface area contributed by atoms with E-state index in [1.807, 2.05) is 30.7 Å². The van der Waals surface area contributed by atoms with E-state index >= 15 is 0 Å². The highest BCUT2D eigenvalue weighted by Crippen LogP contribution is 2.19. The van der Waals surface area contributed by atoms with Crippen LogP contribution in [0, 0.1) is 5.92 Å². The molecule has 20 heavy (non-hydrogen) atoms. The molecule has 1 unspecified atom stereocenters. The third-order valence-electron chi connectivity index (χ3n) is 3.90. The van der Waals surface area contributed by atoms with Crippen molar-refractivity contribution in [1.82, 2.24) is 14.9 Å². The fourth-order valence-electron chi connectivity index (χ4n) is 2.71. The van der Waals surface area contributed by atoms with Gasteiger partial charge in [-0.15, -0.1) is 0 Å². The number of imidazole rings is 1. The zero-order valence-corrected chi connectivity index (χ0v) is 11.5. The number of amides is 1. The molecule has 2 aromatic rings. The molecule has 1 atom stereocenters. The molecule has 4 heteroatoms. The molecular weight excluding hydrogens is 250 g/mol. The minimum absolute atomic E-state index is 0.0926. The molecule has 1 aromatic carbocycles. The highest BCUT2D eigenvalue weighted by Gasteiger charge is 2.24. The predicted octanol–water partition coefficient (Wildman–Crippen LogP) is 1.80. The number of aryl methyl sites for hydroxylation is 1. The van der Waals surface area contributed by atoms with Crippen LogP contribution in [-0.4, -0.2) is 22.0 Å². The highest BCUT2D eigenvalue weighted by atomic mass is 16.1. The summed E-state index contributed by atoms with van der Waals surface area (Å²) in [6, 6.07) is 10.2. The lowest BCUT2D eigenvalue weighted by atomic mass is 9.95. The summed E-state index contributed by atoms with van der Waals surface area (Å²) in [5, 5.41) is 3.06. The average Bonchev–Trinajstić information content (AvgIpc) is 2.95. The summed E-state index contributed by atoms with van der Waals surface area (Å²) >= 11 is 0. The van der Waals surface area contributed by atoms with Gasteiger partial charge in [0.25, 0.3) is 0 Å². The zero-order chi connectivity index (χ0) is 13.8. The molecule has 4 nitrogen and oxygen atoms in total. The lowest BCUT2D eigenvalue weighted by molar-refractivity contribution is -0.125. The van der Waals surface area contributed by atoms with Crippen LogP contribution in [0.5, 0.6) is 0 Å². The van der Waals surface area contributed by atoms with E-state index in [-0.39, 0.29) is 11.8 Å². The molecule has 0 aliphatic carbocycles. The van der Waals surface area contributed by atoms with Gasteiger partial charge >= 0.3 is 0 Å². The number of aromatic nitrogens is 2. The van der Waals surface area contributed by atoms with Crippen molar-refractivity contribution in [2.45, 2.75) is 25.8 Å². The fraction of sp³-hybridized carbons (Fsp3) is 0.375. The van der Waals surface area contributed by atoms with Crippen molar-refractivity contribution in [1.29, 1.82) is 0 Å². The number of carbonyl (C=O) groups is 1. The normalized spacial score (nSPS) is 17.5. The number of fused-ring (bicyclic) bond motifs is 1. The number of hydrogen-bond donors (Lipinski definition) is 1. The van der Waals surface area contributed by atoms with Crippen molar-refractivity contribution in [3.8, 4) is 0 Å². The molecular formula is C16H19N3O. The van der Waals surface area contributed by atoms with Crippen LogP contribution in [0.25, 0.3) is 0 Å². The summed E-state index contributed by atoms with van der Waals surface area (Å²) in [6.07, 6.45) is 6.30. The molecule has 0 bridgehead atoms. The average molecular weight is 269 g/mol. The van der Waals surface area contributed by atoms with E-state index in [1.165, 1.54) is 11.3 Å². The minimum atomic E-state index is 0.0926. The summed E-state index contributed by atoms with van der Waals surface area (Å²) in [4.78, 5) is 16.3. The van der Waals surface area contributed by atoms with Gasteiger partial charge in [-0.1, -0.05) is 30.3 Å². The van der Waals surface area contributed by atoms with E-state index in [9.17, 15) is 4.79 Å². The second-order valence-corrected chi connectivity index (χ2v) is 5.29. The first-order chi connectivity index (χ1) is 9.83. The summed E-state index contributed by atoms with van der Waals surface area (Å²) in [7, 11) is 0. The van der Waals surface area contributed by atoms with Crippen molar-refractivity contribution in [3.05, 3.63) is 54.1 Å². The SMILES string of the molecule is O=C(NCCc1ccccc1)C1CCn2cncc2C1. The lowest BCUT2D eigenvalue weighted by Gasteiger charge is -2.22. The van der Waals surface area contributed by atoms with Gasteiger partial charge in [0.1, 0.15) is 0 Å². The summed E-state index contributed by atoms with van der Waals surface area (Å²) < 4.78 is 2.13. The second kappa shape index (κ2) is 5.90. The molecule has 0 spiro atoms. The third-order valence-corrected chi connectivity index (χ3v) is 3.90. The standard InChI is InChI=1S/C16H19N3O/c20-16(18-8-6-13-4-2-1-3-5-13)14-7-9-19-12-17-11-15(19)10-14/h1-5,11-12,14H,6-10H2,(H,18,20). The highest BCUT2D eigenvalue weighted by molar-refractivity contribution is 5.79. The van der Waals surface area contributed by atoms with E-state index in [4.69, 9.17) is 0 Å². The Kier molecular flexibility index (Phi) is 3.81. The number of nitrogens with zero attached hydrogens (tertiary/aromatic N) is 2. The van der Waals surface area contributed by atoms with E-state index in [0.717, 1.165) is 25.8 Å². The molecule has 1 aliphatic heterocycles. The minimum Gasteiger partial charge on any atom is -0.356 e. The first-order valence-electron chi connectivity index (χ1n) is 7.13. The summed E-state index contributed by atoms with van der Waals surface area (Å²) in [5.74, 6) is 0.267. The Labute approximate surface area is 118 Å². The topological polar surface area (TPSA) is 46.9 Å². The predicted molar refractivity (Wildman–Crippen MR) is 77.2 cm³/mol. The Balaban J connectivity index is 1.48. The van der Waals surface area contributed by atoms with Crippen LogP contribution in [0.4, 0.5) is 0 Å². The summed E-state index contributed by atoms with van der Waals surface area (Å²) in [6.45, 7) is 1.60. The third kappa shape index (κ3) is 2.90. The molecule has 104 valence electrons. The maximum atomic E-state index is 12.2. The van der Waals surface area contributed by atoms with Crippen molar-refractivity contribution in [2.75, 3.05) is 6.54 Å². The molecule has 0 saturated carbocycles. The Morgan fingerprint density at radius 1 is 1.35 bits per heavy atom. The summed E-state index contributed by atoms with van der Waals surface area (Å²) in [5.41, 5.74) is 2.42. The van der Waals surface area contributed by atoms with Gasteiger partial charge in [0.15, 0.2) is 0 Å². The maximum Gasteiger partial charge on any atom is 0.223 e. The van der Waals surface area contributed by atoms with Crippen LogP contribution in [-0.2, 0) is 24.2 Å². The van der Waals surface area contributed by atoms with E-state index in [1.54, 1.807) is 0 Å². The van der Waals surface area contributed by atoms with Crippen molar-refractivity contribution >= 4 is 5.91 Å². The Hall–Kier alpha value is -2.10. The van der Waals surface area contributed by atoms with E-state index < -0.39 is 0 Å². The quantitative estimate of drug-likeness (QED) is 0.920. The maximum absolute atomic E-state index is 12.2. The number of carbonyl (C=O) groups excluding carboxylic acids is 1. The monoisotopic (exact) mass is 269 g/mol.